The Bertz CT molecular complexity index is 572. The van der Waals surface area contributed by atoms with Gasteiger partial charge in [-0.15, -0.1) is 0 Å². The second kappa shape index (κ2) is 6.58. The number of H-pyrrole nitrogens is 1. The molecule has 114 valence electrons. The van der Waals surface area contributed by atoms with E-state index in [4.69, 9.17) is 11.6 Å². The highest BCUT2D eigenvalue weighted by atomic mass is 35.5. The number of aromatic amines is 1. The number of nitrogens with one attached hydrogen (secondary N) is 2. The van der Waals surface area contributed by atoms with E-state index >= 15 is 0 Å². The molecule has 2 aromatic rings. The van der Waals surface area contributed by atoms with Crippen LogP contribution in [0.4, 0.5) is 0 Å². The number of nitrogens with zero attached hydrogens (tertiary/aromatic N) is 2. The van der Waals surface area contributed by atoms with E-state index in [0.29, 0.717) is 11.6 Å². The maximum atomic E-state index is 6.23. The van der Waals surface area contributed by atoms with Crippen LogP contribution in [0.1, 0.15) is 50.2 Å². The predicted octanol–water partition coefficient (Wildman–Crippen LogP) is 4.03. The molecule has 0 bridgehead atoms. The topological polar surface area (TPSA) is 53.6 Å². The van der Waals surface area contributed by atoms with E-state index in [2.05, 4.69) is 47.3 Å². The van der Waals surface area contributed by atoms with Gasteiger partial charge in [-0.25, -0.2) is 0 Å². The third-order valence-corrected chi connectivity index (χ3v) is 3.86. The van der Waals surface area contributed by atoms with E-state index in [1.54, 1.807) is 6.20 Å². The Morgan fingerprint density at radius 3 is 2.67 bits per heavy atom. The van der Waals surface area contributed by atoms with E-state index in [-0.39, 0.29) is 11.5 Å². The van der Waals surface area contributed by atoms with Gasteiger partial charge < -0.3 is 5.32 Å². The van der Waals surface area contributed by atoms with Gasteiger partial charge in [0.1, 0.15) is 0 Å². The summed E-state index contributed by atoms with van der Waals surface area (Å²) in [7, 11) is 0. The summed E-state index contributed by atoms with van der Waals surface area (Å²) in [4.78, 5) is 4.22. The first-order valence-corrected chi connectivity index (χ1v) is 7.57. The van der Waals surface area contributed by atoms with Crippen LogP contribution in [0.3, 0.4) is 0 Å². The summed E-state index contributed by atoms with van der Waals surface area (Å²) >= 11 is 6.23. The van der Waals surface area contributed by atoms with Crippen molar-refractivity contribution >= 4 is 11.6 Å². The summed E-state index contributed by atoms with van der Waals surface area (Å²) in [5.41, 5.74) is 3.17. The molecule has 2 heterocycles. The molecule has 4 nitrogen and oxygen atoms in total. The van der Waals surface area contributed by atoms with Gasteiger partial charge in [0.25, 0.3) is 0 Å². The second-order valence-electron chi connectivity index (χ2n) is 6.59. The molecule has 0 fully saturated rings. The van der Waals surface area contributed by atoms with E-state index in [1.165, 1.54) is 5.56 Å². The fourth-order valence-electron chi connectivity index (χ4n) is 2.31. The van der Waals surface area contributed by atoms with Crippen LogP contribution in [0.15, 0.2) is 24.5 Å². The molecular formula is C16H23ClN4. The quantitative estimate of drug-likeness (QED) is 0.876. The maximum absolute atomic E-state index is 6.23. The minimum absolute atomic E-state index is 0.221. The molecule has 0 aliphatic heterocycles. The summed E-state index contributed by atoms with van der Waals surface area (Å²) < 4.78 is 0. The summed E-state index contributed by atoms with van der Waals surface area (Å²) in [6.07, 6.45) is 4.73. The van der Waals surface area contributed by atoms with Crippen LogP contribution in [0.5, 0.6) is 0 Å². The van der Waals surface area contributed by atoms with Crippen molar-refractivity contribution in [1.82, 2.24) is 20.5 Å². The molecule has 1 atom stereocenters. The number of halogens is 1. The molecule has 5 heteroatoms. The summed E-state index contributed by atoms with van der Waals surface area (Å²) in [5.74, 6) is 0. The molecule has 0 aliphatic carbocycles. The third kappa shape index (κ3) is 4.55. The predicted molar refractivity (Wildman–Crippen MR) is 86.2 cm³/mol. The SMILES string of the molecule is Cc1[nH]nc(CNC(CC(C)(C)C)c2cccnc2)c1Cl. The second-order valence-corrected chi connectivity index (χ2v) is 6.97. The summed E-state index contributed by atoms with van der Waals surface area (Å²) in [6.45, 7) is 9.28. The van der Waals surface area contributed by atoms with Crippen molar-refractivity contribution in [1.29, 1.82) is 0 Å². The van der Waals surface area contributed by atoms with Crippen molar-refractivity contribution in [3.63, 3.8) is 0 Å². The van der Waals surface area contributed by atoms with Crippen LogP contribution in [-0.4, -0.2) is 15.2 Å². The first-order chi connectivity index (χ1) is 9.87. The van der Waals surface area contributed by atoms with Gasteiger partial charge in [-0.2, -0.15) is 5.10 Å². The fourth-order valence-corrected chi connectivity index (χ4v) is 2.46. The Labute approximate surface area is 131 Å². The molecular weight excluding hydrogens is 284 g/mol. The lowest BCUT2D eigenvalue weighted by Crippen LogP contribution is -2.26. The first kappa shape index (κ1) is 16.0. The van der Waals surface area contributed by atoms with Gasteiger partial charge >= 0.3 is 0 Å². The fraction of sp³-hybridized carbons (Fsp3) is 0.500. The lowest BCUT2D eigenvalue weighted by atomic mass is 9.86. The van der Waals surface area contributed by atoms with Gasteiger partial charge in [0.2, 0.25) is 0 Å². The average molecular weight is 307 g/mol. The highest BCUT2D eigenvalue weighted by Gasteiger charge is 2.21. The summed E-state index contributed by atoms with van der Waals surface area (Å²) in [6, 6.07) is 4.30. The lowest BCUT2D eigenvalue weighted by molar-refractivity contribution is 0.309. The Morgan fingerprint density at radius 1 is 1.38 bits per heavy atom. The Balaban J connectivity index is 2.11. The first-order valence-electron chi connectivity index (χ1n) is 7.19. The number of hydrogen-bond acceptors (Lipinski definition) is 3. The van der Waals surface area contributed by atoms with Crippen LogP contribution in [0, 0.1) is 12.3 Å². The minimum Gasteiger partial charge on any atom is -0.304 e. The van der Waals surface area contributed by atoms with E-state index < -0.39 is 0 Å². The molecule has 2 aromatic heterocycles. The largest absolute Gasteiger partial charge is 0.304 e. The Morgan fingerprint density at radius 2 is 2.14 bits per heavy atom. The van der Waals surface area contributed by atoms with Crippen LogP contribution >= 0.6 is 11.6 Å². The Kier molecular flexibility index (Phi) is 5.01. The van der Waals surface area contributed by atoms with Crippen LogP contribution in [0.2, 0.25) is 5.02 Å². The van der Waals surface area contributed by atoms with Gasteiger partial charge in [0, 0.05) is 25.0 Å². The molecule has 0 radical (unpaired) electrons. The normalized spacial score (nSPS) is 13.4. The molecule has 0 saturated heterocycles. The maximum Gasteiger partial charge on any atom is 0.0949 e. The van der Waals surface area contributed by atoms with E-state index in [9.17, 15) is 0 Å². The average Bonchev–Trinajstić information content (AvgIpc) is 2.75. The number of aromatic nitrogens is 3. The van der Waals surface area contributed by atoms with Crippen molar-refractivity contribution in [2.75, 3.05) is 0 Å². The van der Waals surface area contributed by atoms with Crippen molar-refractivity contribution in [3.8, 4) is 0 Å². The van der Waals surface area contributed by atoms with Crippen molar-refractivity contribution in [3.05, 3.63) is 46.5 Å². The number of hydrogen-bond donors (Lipinski definition) is 2. The molecule has 1 unspecified atom stereocenters. The van der Waals surface area contributed by atoms with Gasteiger partial charge in [-0.1, -0.05) is 38.4 Å². The van der Waals surface area contributed by atoms with E-state index in [0.717, 1.165) is 17.8 Å². The monoisotopic (exact) mass is 306 g/mol. The zero-order valence-electron chi connectivity index (χ0n) is 13.1. The zero-order valence-corrected chi connectivity index (χ0v) is 13.8. The smallest absolute Gasteiger partial charge is 0.0949 e. The van der Waals surface area contributed by atoms with Crippen molar-refractivity contribution < 1.29 is 0 Å². The van der Waals surface area contributed by atoms with Crippen molar-refractivity contribution in [2.45, 2.75) is 46.7 Å². The van der Waals surface area contributed by atoms with Crippen molar-refractivity contribution in [2.24, 2.45) is 5.41 Å². The third-order valence-electron chi connectivity index (χ3n) is 3.36. The van der Waals surface area contributed by atoms with Gasteiger partial charge in [-0.3, -0.25) is 10.1 Å². The zero-order chi connectivity index (χ0) is 15.5. The van der Waals surface area contributed by atoms with Gasteiger partial charge in [0.15, 0.2) is 0 Å². The van der Waals surface area contributed by atoms with E-state index in [1.807, 2.05) is 19.2 Å². The lowest BCUT2D eigenvalue weighted by Gasteiger charge is -2.27. The number of aryl methyl sites for hydroxylation is 1. The molecule has 0 spiro atoms. The van der Waals surface area contributed by atoms with Crippen LogP contribution in [-0.2, 0) is 6.54 Å². The van der Waals surface area contributed by atoms with Gasteiger partial charge in [-0.05, 0) is 30.4 Å². The molecule has 2 rings (SSSR count). The Hall–Kier alpha value is -1.39. The molecule has 0 aliphatic rings. The molecule has 21 heavy (non-hydrogen) atoms. The molecule has 0 saturated carbocycles. The van der Waals surface area contributed by atoms with Gasteiger partial charge in [0.05, 0.1) is 16.4 Å². The summed E-state index contributed by atoms with van der Waals surface area (Å²) in [5, 5.41) is 11.4. The highest BCUT2D eigenvalue weighted by molar-refractivity contribution is 6.31. The number of rotatable bonds is 5. The number of pyridine rings is 1. The van der Waals surface area contributed by atoms with Crippen LogP contribution < -0.4 is 5.32 Å². The minimum atomic E-state index is 0.221. The standard InChI is InChI=1S/C16H23ClN4/c1-11-15(17)14(21-20-11)10-19-13(8-16(2,3)4)12-6-5-7-18-9-12/h5-7,9,13,19H,8,10H2,1-4H3,(H,20,21). The highest BCUT2D eigenvalue weighted by Crippen LogP contribution is 2.29. The molecule has 0 aromatic carbocycles. The van der Waals surface area contributed by atoms with Crippen LogP contribution in [0.25, 0.3) is 0 Å². The molecule has 0 amide bonds. The molecule has 2 N–H and O–H groups in total.